The van der Waals surface area contributed by atoms with Gasteiger partial charge in [-0.3, -0.25) is 4.79 Å². The Kier molecular flexibility index (Phi) is 3.47. The smallest absolute Gasteiger partial charge is 0.251 e. The van der Waals surface area contributed by atoms with E-state index in [0.717, 1.165) is 25.3 Å². The molecule has 19 heavy (non-hydrogen) atoms. The zero-order chi connectivity index (χ0) is 14.2. The maximum Gasteiger partial charge on any atom is 0.251 e. The fourth-order valence-electron chi connectivity index (χ4n) is 2.63. The maximum atomic E-state index is 13.7. The molecular formula is C14H18F2N2O. The summed E-state index contributed by atoms with van der Waals surface area (Å²) in [6.45, 7) is 4.31. The van der Waals surface area contributed by atoms with Crippen molar-refractivity contribution >= 4 is 11.6 Å². The summed E-state index contributed by atoms with van der Waals surface area (Å²) < 4.78 is 27.0. The van der Waals surface area contributed by atoms with Crippen LogP contribution in [-0.2, 0) is 0 Å². The Morgan fingerprint density at radius 1 is 1.37 bits per heavy atom. The first kappa shape index (κ1) is 13.8. The summed E-state index contributed by atoms with van der Waals surface area (Å²) >= 11 is 0. The zero-order valence-electron chi connectivity index (χ0n) is 11.1. The molecule has 0 bridgehead atoms. The van der Waals surface area contributed by atoms with Crippen LogP contribution in [0.4, 0.5) is 14.5 Å². The van der Waals surface area contributed by atoms with Crippen molar-refractivity contribution in [1.29, 1.82) is 0 Å². The third-order valence-corrected chi connectivity index (χ3v) is 3.65. The molecule has 1 amide bonds. The van der Waals surface area contributed by atoms with Gasteiger partial charge in [0.2, 0.25) is 0 Å². The van der Waals surface area contributed by atoms with E-state index in [0.29, 0.717) is 6.07 Å². The minimum atomic E-state index is -0.928. The number of nitrogens with two attached hydrogens (primary N) is 1. The average Bonchev–Trinajstić information content (AvgIpc) is 2.61. The van der Waals surface area contributed by atoms with Gasteiger partial charge in [-0.15, -0.1) is 0 Å². The first-order chi connectivity index (χ1) is 8.78. The van der Waals surface area contributed by atoms with Crippen molar-refractivity contribution in [3.8, 4) is 0 Å². The van der Waals surface area contributed by atoms with E-state index in [2.05, 4.69) is 19.2 Å². The Bertz CT molecular complexity index is 514. The molecule has 0 heterocycles. The molecule has 1 saturated carbocycles. The van der Waals surface area contributed by atoms with Gasteiger partial charge in [0.05, 0.1) is 11.3 Å². The average molecular weight is 268 g/mol. The Morgan fingerprint density at radius 2 is 2.05 bits per heavy atom. The second-order valence-corrected chi connectivity index (χ2v) is 5.92. The number of benzene rings is 1. The van der Waals surface area contributed by atoms with Crippen LogP contribution in [0.15, 0.2) is 12.1 Å². The highest BCUT2D eigenvalue weighted by molar-refractivity contribution is 5.94. The standard InChI is InChI=1S/C14H18F2N2O/c1-14(2)4-3-8(7-14)18-12-5-9(13(17)19)10(15)6-11(12)16/h5-6,8,18H,3-4,7H2,1-2H3,(H2,17,19). The Morgan fingerprint density at radius 3 is 2.58 bits per heavy atom. The van der Waals surface area contributed by atoms with Gasteiger partial charge in [-0.1, -0.05) is 13.8 Å². The van der Waals surface area contributed by atoms with Crippen LogP contribution >= 0.6 is 0 Å². The lowest BCUT2D eigenvalue weighted by Gasteiger charge is -2.19. The van der Waals surface area contributed by atoms with Crippen LogP contribution in [0.25, 0.3) is 0 Å². The number of hydrogen-bond acceptors (Lipinski definition) is 2. The first-order valence-corrected chi connectivity index (χ1v) is 6.34. The van der Waals surface area contributed by atoms with Gasteiger partial charge in [0.15, 0.2) is 0 Å². The van der Waals surface area contributed by atoms with Crippen LogP contribution in [-0.4, -0.2) is 11.9 Å². The van der Waals surface area contributed by atoms with Crippen LogP contribution in [0.3, 0.4) is 0 Å². The third-order valence-electron chi connectivity index (χ3n) is 3.65. The van der Waals surface area contributed by atoms with Crippen LogP contribution in [0, 0.1) is 17.0 Å². The number of amides is 1. The number of hydrogen-bond donors (Lipinski definition) is 2. The van der Waals surface area contributed by atoms with E-state index < -0.39 is 17.5 Å². The molecule has 0 radical (unpaired) electrons. The van der Waals surface area contributed by atoms with Gasteiger partial charge in [0, 0.05) is 12.1 Å². The number of carbonyl (C=O) groups excluding carboxylic acids is 1. The SMILES string of the molecule is CC1(C)CCC(Nc2cc(C(N)=O)c(F)cc2F)C1. The van der Waals surface area contributed by atoms with E-state index >= 15 is 0 Å². The van der Waals surface area contributed by atoms with E-state index in [-0.39, 0.29) is 22.7 Å². The fraction of sp³-hybridized carbons (Fsp3) is 0.500. The van der Waals surface area contributed by atoms with Crippen molar-refractivity contribution in [1.82, 2.24) is 0 Å². The Hall–Kier alpha value is -1.65. The highest BCUT2D eigenvalue weighted by Gasteiger charge is 2.31. The van der Waals surface area contributed by atoms with Crippen molar-refractivity contribution < 1.29 is 13.6 Å². The number of nitrogens with one attached hydrogen (secondary N) is 1. The maximum absolute atomic E-state index is 13.7. The molecule has 0 spiro atoms. The molecule has 1 atom stereocenters. The topological polar surface area (TPSA) is 55.1 Å². The summed E-state index contributed by atoms with van der Waals surface area (Å²) in [6, 6.07) is 1.98. The molecule has 1 aromatic carbocycles. The monoisotopic (exact) mass is 268 g/mol. The largest absolute Gasteiger partial charge is 0.380 e. The van der Waals surface area contributed by atoms with Crippen LogP contribution in [0.1, 0.15) is 43.5 Å². The van der Waals surface area contributed by atoms with E-state index in [1.807, 2.05) is 0 Å². The van der Waals surface area contributed by atoms with E-state index in [1.54, 1.807) is 0 Å². The lowest BCUT2D eigenvalue weighted by Crippen LogP contribution is -2.20. The predicted octanol–water partition coefficient (Wildman–Crippen LogP) is 3.05. The second kappa shape index (κ2) is 4.79. The molecule has 1 aliphatic carbocycles. The molecule has 0 saturated heterocycles. The lowest BCUT2D eigenvalue weighted by molar-refractivity contribution is 0.0996. The van der Waals surface area contributed by atoms with Crippen molar-refractivity contribution in [2.24, 2.45) is 11.1 Å². The van der Waals surface area contributed by atoms with Crippen LogP contribution in [0.5, 0.6) is 0 Å². The molecule has 2 rings (SSSR count). The molecular weight excluding hydrogens is 250 g/mol. The number of rotatable bonds is 3. The van der Waals surface area contributed by atoms with Gasteiger partial charge >= 0.3 is 0 Å². The van der Waals surface area contributed by atoms with Crippen LogP contribution < -0.4 is 11.1 Å². The third kappa shape index (κ3) is 3.03. The second-order valence-electron chi connectivity index (χ2n) is 5.92. The number of primary amides is 1. The molecule has 0 aliphatic heterocycles. The number of carbonyl (C=O) groups is 1. The van der Waals surface area contributed by atoms with Gasteiger partial charge in [-0.2, -0.15) is 0 Å². The summed E-state index contributed by atoms with van der Waals surface area (Å²) in [7, 11) is 0. The minimum absolute atomic E-state index is 0.135. The Balaban J connectivity index is 2.21. The molecule has 3 nitrogen and oxygen atoms in total. The molecule has 0 aromatic heterocycles. The van der Waals surface area contributed by atoms with Gasteiger partial charge in [0.1, 0.15) is 11.6 Å². The highest BCUT2D eigenvalue weighted by atomic mass is 19.1. The van der Waals surface area contributed by atoms with Gasteiger partial charge in [-0.25, -0.2) is 8.78 Å². The fourth-order valence-corrected chi connectivity index (χ4v) is 2.63. The number of halogens is 2. The molecule has 5 heteroatoms. The quantitative estimate of drug-likeness (QED) is 0.885. The summed E-state index contributed by atoms with van der Waals surface area (Å²) in [4.78, 5) is 11.1. The highest BCUT2D eigenvalue weighted by Crippen LogP contribution is 2.38. The van der Waals surface area contributed by atoms with Gasteiger partial charge in [0.25, 0.3) is 5.91 Å². The summed E-state index contributed by atoms with van der Waals surface area (Å²) in [5.41, 5.74) is 5.12. The summed E-state index contributed by atoms with van der Waals surface area (Å²) in [6.07, 6.45) is 2.89. The molecule has 1 fully saturated rings. The molecule has 1 aromatic rings. The summed E-state index contributed by atoms with van der Waals surface area (Å²) in [5.74, 6) is -2.53. The van der Waals surface area contributed by atoms with Crippen molar-refractivity contribution in [2.75, 3.05) is 5.32 Å². The molecule has 104 valence electrons. The van der Waals surface area contributed by atoms with Crippen LogP contribution in [0.2, 0.25) is 0 Å². The zero-order valence-corrected chi connectivity index (χ0v) is 11.1. The van der Waals surface area contributed by atoms with E-state index in [9.17, 15) is 13.6 Å². The molecule has 1 unspecified atom stereocenters. The summed E-state index contributed by atoms with van der Waals surface area (Å²) in [5, 5.41) is 3.04. The van der Waals surface area contributed by atoms with Crippen molar-refractivity contribution in [2.45, 2.75) is 39.2 Å². The first-order valence-electron chi connectivity index (χ1n) is 6.34. The van der Waals surface area contributed by atoms with Gasteiger partial charge in [-0.05, 0) is 30.7 Å². The van der Waals surface area contributed by atoms with Crippen molar-refractivity contribution in [3.05, 3.63) is 29.3 Å². The number of anilines is 1. The molecule has 3 N–H and O–H groups in total. The minimum Gasteiger partial charge on any atom is -0.380 e. The predicted molar refractivity (Wildman–Crippen MR) is 69.9 cm³/mol. The van der Waals surface area contributed by atoms with Gasteiger partial charge < -0.3 is 11.1 Å². The molecule has 1 aliphatic rings. The van der Waals surface area contributed by atoms with E-state index in [1.165, 1.54) is 0 Å². The van der Waals surface area contributed by atoms with Crippen molar-refractivity contribution in [3.63, 3.8) is 0 Å². The normalized spacial score (nSPS) is 21.4. The van der Waals surface area contributed by atoms with E-state index in [4.69, 9.17) is 5.73 Å². The Labute approximate surface area is 111 Å². The lowest BCUT2D eigenvalue weighted by atomic mass is 9.92.